The molecule has 26 heavy (non-hydrogen) atoms. The zero-order valence-electron chi connectivity index (χ0n) is 15.0. The zero-order valence-corrected chi connectivity index (χ0v) is 15.0. The second-order valence-electron chi connectivity index (χ2n) is 5.74. The molecule has 7 heteroatoms. The maximum atomic E-state index is 13.6. The van der Waals surface area contributed by atoms with Crippen molar-refractivity contribution in [2.75, 3.05) is 32.6 Å². The first-order chi connectivity index (χ1) is 12.4. The van der Waals surface area contributed by atoms with Crippen LogP contribution < -0.4 is 14.8 Å². The fourth-order valence-corrected chi connectivity index (χ4v) is 2.49. The van der Waals surface area contributed by atoms with Crippen molar-refractivity contribution in [1.29, 1.82) is 0 Å². The lowest BCUT2D eigenvalue weighted by Crippen LogP contribution is -2.30. The van der Waals surface area contributed by atoms with E-state index in [0.717, 1.165) is 17.7 Å². The molecule has 1 amide bonds. The van der Waals surface area contributed by atoms with E-state index in [0.29, 0.717) is 24.7 Å². The summed E-state index contributed by atoms with van der Waals surface area (Å²) in [6.45, 7) is 2.85. The van der Waals surface area contributed by atoms with Gasteiger partial charge in [0.05, 0.1) is 20.3 Å². The molecule has 0 aliphatic heterocycles. The summed E-state index contributed by atoms with van der Waals surface area (Å²) < 4.78 is 37.9. The van der Waals surface area contributed by atoms with Gasteiger partial charge in [0, 0.05) is 6.54 Å². The van der Waals surface area contributed by atoms with Gasteiger partial charge in [0.1, 0.15) is 17.3 Å². The second-order valence-corrected chi connectivity index (χ2v) is 5.74. The van der Waals surface area contributed by atoms with Crippen molar-refractivity contribution in [1.82, 2.24) is 4.90 Å². The Morgan fingerprint density at radius 1 is 1.15 bits per heavy atom. The summed E-state index contributed by atoms with van der Waals surface area (Å²) in [5, 5.41) is 2.27. The van der Waals surface area contributed by atoms with Crippen LogP contribution in [-0.2, 0) is 11.3 Å². The molecule has 0 atom stereocenters. The fraction of sp³-hybridized carbons (Fsp3) is 0.316. The molecule has 0 aliphatic carbocycles. The summed E-state index contributed by atoms with van der Waals surface area (Å²) in [5.41, 5.74) is 0.478. The molecule has 2 rings (SSSR count). The van der Waals surface area contributed by atoms with Crippen molar-refractivity contribution in [3.8, 4) is 11.5 Å². The molecule has 0 saturated carbocycles. The van der Waals surface area contributed by atoms with E-state index in [1.54, 1.807) is 25.1 Å². The van der Waals surface area contributed by atoms with E-state index >= 15 is 0 Å². The van der Waals surface area contributed by atoms with Crippen LogP contribution in [0, 0.1) is 11.6 Å². The minimum Gasteiger partial charge on any atom is -0.493 e. The van der Waals surface area contributed by atoms with E-state index in [1.165, 1.54) is 6.07 Å². The van der Waals surface area contributed by atoms with E-state index in [1.807, 2.05) is 19.1 Å². The molecule has 0 aromatic heterocycles. The number of benzene rings is 2. The number of nitrogens with one attached hydrogen (secondary N) is 1. The highest BCUT2D eigenvalue weighted by molar-refractivity contribution is 5.92. The Kier molecular flexibility index (Phi) is 6.91. The van der Waals surface area contributed by atoms with Gasteiger partial charge in [-0.2, -0.15) is 0 Å². The van der Waals surface area contributed by atoms with Crippen molar-refractivity contribution >= 4 is 11.6 Å². The normalized spacial score (nSPS) is 10.7. The number of rotatable bonds is 8. The highest BCUT2D eigenvalue weighted by Crippen LogP contribution is 2.28. The summed E-state index contributed by atoms with van der Waals surface area (Å²) in [7, 11) is 3.29. The molecular weight excluding hydrogens is 342 g/mol. The number of amides is 1. The number of anilines is 1. The molecule has 2 aromatic carbocycles. The number of halogens is 2. The molecule has 0 saturated heterocycles. The third-order valence-electron chi connectivity index (χ3n) is 3.62. The van der Waals surface area contributed by atoms with Gasteiger partial charge in [-0.15, -0.1) is 0 Å². The predicted molar refractivity (Wildman–Crippen MR) is 95.5 cm³/mol. The van der Waals surface area contributed by atoms with Crippen molar-refractivity contribution in [3.05, 3.63) is 53.6 Å². The number of hydrogen-bond donors (Lipinski definition) is 1. The first-order valence-electron chi connectivity index (χ1n) is 8.16. The van der Waals surface area contributed by atoms with Gasteiger partial charge in [-0.05, 0) is 43.8 Å². The van der Waals surface area contributed by atoms with Gasteiger partial charge in [-0.1, -0.05) is 12.1 Å². The Morgan fingerprint density at radius 3 is 2.46 bits per heavy atom. The minimum absolute atomic E-state index is 0.0245. The van der Waals surface area contributed by atoms with Crippen LogP contribution in [0.4, 0.5) is 14.5 Å². The summed E-state index contributed by atoms with van der Waals surface area (Å²) in [4.78, 5) is 13.8. The van der Waals surface area contributed by atoms with Gasteiger partial charge in [-0.25, -0.2) is 8.78 Å². The lowest BCUT2D eigenvalue weighted by molar-refractivity contribution is -0.117. The predicted octanol–water partition coefficient (Wildman–Crippen LogP) is 3.44. The smallest absolute Gasteiger partial charge is 0.238 e. The molecule has 2 aromatic rings. The van der Waals surface area contributed by atoms with Gasteiger partial charge in [0.2, 0.25) is 5.91 Å². The molecular formula is C19H22F2N2O3. The Morgan fingerprint density at radius 2 is 1.85 bits per heavy atom. The molecule has 140 valence electrons. The lowest BCUT2D eigenvalue weighted by Gasteiger charge is -2.18. The molecule has 0 bridgehead atoms. The highest BCUT2D eigenvalue weighted by Gasteiger charge is 2.14. The Balaban J connectivity index is 1.97. The molecule has 0 unspecified atom stereocenters. The van der Waals surface area contributed by atoms with Crippen molar-refractivity contribution in [2.24, 2.45) is 0 Å². The van der Waals surface area contributed by atoms with Crippen LogP contribution in [0.2, 0.25) is 0 Å². The zero-order chi connectivity index (χ0) is 19.1. The van der Waals surface area contributed by atoms with Gasteiger partial charge >= 0.3 is 0 Å². The SMILES string of the molecule is CCOc1ccc(CN(C)CC(=O)Nc2c(F)cccc2F)cc1OC. The van der Waals surface area contributed by atoms with Gasteiger partial charge < -0.3 is 14.8 Å². The molecule has 0 aliphatic rings. The van der Waals surface area contributed by atoms with Gasteiger partial charge in [0.15, 0.2) is 11.5 Å². The lowest BCUT2D eigenvalue weighted by atomic mass is 10.2. The van der Waals surface area contributed by atoms with Gasteiger partial charge in [0.25, 0.3) is 0 Å². The first-order valence-corrected chi connectivity index (χ1v) is 8.16. The monoisotopic (exact) mass is 364 g/mol. The first kappa shape index (κ1) is 19.7. The summed E-state index contributed by atoms with van der Waals surface area (Å²) >= 11 is 0. The number of carbonyl (C=O) groups is 1. The second kappa shape index (κ2) is 9.15. The van der Waals surface area contributed by atoms with E-state index in [4.69, 9.17) is 9.47 Å². The number of ether oxygens (including phenoxy) is 2. The number of hydrogen-bond acceptors (Lipinski definition) is 4. The molecule has 0 radical (unpaired) electrons. The maximum absolute atomic E-state index is 13.6. The number of para-hydroxylation sites is 1. The number of nitrogens with zero attached hydrogens (tertiary/aromatic N) is 1. The fourth-order valence-electron chi connectivity index (χ4n) is 2.49. The summed E-state index contributed by atoms with van der Waals surface area (Å²) in [6, 6.07) is 8.93. The molecule has 0 fully saturated rings. The topological polar surface area (TPSA) is 50.8 Å². The average molecular weight is 364 g/mol. The van der Waals surface area contributed by atoms with Crippen molar-refractivity contribution < 1.29 is 23.0 Å². The standard InChI is InChI=1S/C19H22F2N2O3/c1-4-26-16-9-8-13(10-17(16)25-3)11-23(2)12-18(24)22-19-14(20)6-5-7-15(19)21/h5-10H,4,11-12H2,1-3H3,(H,22,24). The van der Waals surface area contributed by atoms with E-state index in [-0.39, 0.29) is 6.54 Å². The van der Waals surface area contributed by atoms with Crippen LogP contribution in [0.3, 0.4) is 0 Å². The van der Waals surface area contributed by atoms with Crippen LogP contribution in [0.15, 0.2) is 36.4 Å². The Bertz CT molecular complexity index is 748. The quantitative estimate of drug-likeness (QED) is 0.780. The Hall–Kier alpha value is -2.67. The van der Waals surface area contributed by atoms with E-state index in [9.17, 15) is 13.6 Å². The maximum Gasteiger partial charge on any atom is 0.238 e. The van der Waals surface area contributed by atoms with Crippen LogP contribution in [0.25, 0.3) is 0 Å². The highest BCUT2D eigenvalue weighted by atomic mass is 19.1. The van der Waals surface area contributed by atoms with E-state index in [2.05, 4.69) is 5.32 Å². The minimum atomic E-state index is -0.808. The van der Waals surface area contributed by atoms with Crippen LogP contribution in [-0.4, -0.2) is 38.1 Å². The molecule has 5 nitrogen and oxygen atoms in total. The third kappa shape index (κ3) is 5.16. The van der Waals surface area contributed by atoms with Crippen LogP contribution in [0.5, 0.6) is 11.5 Å². The molecule has 1 N–H and O–H groups in total. The number of methoxy groups -OCH3 is 1. The average Bonchev–Trinajstić information content (AvgIpc) is 2.59. The van der Waals surface area contributed by atoms with Crippen LogP contribution >= 0.6 is 0 Å². The molecule has 0 heterocycles. The van der Waals surface area contributed by atoms with Crippen LogP contribution in [0.1, 0.15) is 12.5 Å². The molecule has 0 spiro atoms. The van der Waals surface area contributed by atoms with E-state index < -0.39 is 23.2 Å². The summed E-state index contributed by atoms with van der Waals surface area (Å²) in [6.07, 6.45) is 0. The third-order valence-corrected chi connectivity index (χ3v) is 3.62. The number of carbonyl (C=O) groups excluding carboxylic acids is 1. The van der Waals surface area contributed by atoms with Crippen molar-refractivity contribution in [2.45, 2.75) is 13.5 Å². The van der Waals surface area contributed by atoms with Crippen molar-refractivity contribution in [3.63, 3.8) is 0 Å². The Labute approximate surface area is 151 Å². The largest absolute Gasteiger partial charge is 0.493 e. The summed E-state index contributed by atoms with van der Waals surface area (Å²) in [5.74, 6) is -0.867. The van der Waals surface area contributed by atoms with Gasteiger partial charge in [-0.3, -0.25) is 9.69 Å². The number of likely N-dealkylation sites (N-methyl/N-ethyl adjacent to an activating group) is 1.